The van der Waals surface area contributed by atoms with Crippen LogP contribution >= 0.6 is 0 Å². The van der Waals surface area contributed by atoms with Gasteiger partial charge in [0.25, 0.3) is 0 Å². The van der Waals surface area contributed by atoms with Gasteiger partial charge in [0.2, 0.25) is 0 Å². The lowest BCUT2D eigenvalue weighted by molar-refractivity contribution is 0.509. The van der Waals surface area contributed by atoms with E-state index in [1.165, 1.54) is 6.07 Å². The molecule has 0 aliphatic rings. The normalized spacial score (nSPS) is 11.1. The number of halogens is 2. The lowest BCUT2D eigenvalue weighted by atomic mass is 10.1. The van der Waals surface area contributed by atoms with E-state index in [4.69, 9.17) is 0 Å². The predicted octanol–water partition coefficient (Wildman–Crippen LogP) is 4.42. The lowest BCUT2D eigenvalue weighted by Crippen LogP contribution is -1.85. The number of hydrogen-bond acceptors (Lipinski definition) is 0. The van der Waals surface area contributed by atoms with Gasteiger partial charge in [0.1, 0.15) is 0 Å². The lowest BCUT2D eigenvalue weighted by Gasteiger charge is -1.99. The number of fused-ring (bicyclic) bond motifs is 1. The number of para-hydroxylation sites is 1. The van der Waals surface area contributed by atoms with Crippen molar-refractivity contribution in [3.05, 3.63) is 59.7 Å². The summed E-state index contributed by atoms with van der Waals surface area (Å²) in [4.78, 5) is 3.24. The van der Waals surface area contributed by atoms with Crippen LogP contribution in [0.15, 0.2) is 42.5 Å². The van der Waals surface area contributed by atoms with Gasteiger partial charge in [-0.05, 0) is 36.8 Å². The fraction of sp³-hybridized carbons (Fsp3) is 0.0667. The molecule has 0 spiro atoms. The molecule has 0 fully saturated rings. The SMILES string of the molecule is Cc1cccc2cc(-c3ccc(F)c(F)c3)[nH]c12. The number of nitrogens with one attached hydrogen (secondary N) is 1. The number of rotatable bonds is 1. The first kappa shape index (κ1) is 11.0. The minimum atomic E-state index is -0.831. The van der Waals surface area contributed by atoms with Gasteiger partial charge in [0.05, 0.1) is 0 Å². The zero-order valence-corrected chi connectivity index (χ0v) is 9.80. The Labute approximate surface area is 103 Å². The van der Waals surface area contributed by atoms with Crippen LogP contribution in [-0.2, 0) is 0 Å². The van der Waals surface area contributed by atoms with E-state index in [-0.39, 0.29) is 0 Å². The third-order valence-electron chi connectivity index (χ3n) is 3.10. The Morgan fingerprint density at radius 1 is 0.944 bits per heavy atom. The maximum Gasteiger partial charge on any atom is 0.159 e. The van der Waals surface area contributed by atoms with Gasteiger partial charge in [0, 0.05) is 22.2 Å². The third-order valence-corrected chi connectivity index (χ3v) is 3.10. The van der Waals surface area contributed by atoms with Crippen molar-refractivity contribution in [3.8, 4) is 11.3 Å². The van der Waals surface area contributed by atoms with Gasteiger partial charge in [-0.25, -0.2) is 8.78 Å². The summed E-state index contributed by atoms with van der Waals surface area (Å²) in [6.07, 6.45) is 0. The molecule has 1 heterocycles. The Kier molecular flexibility index (Phi) is 2.40. The Bertz CT molecular complexity index is 728. The first-order chi connectivity index (χ1) is 8.65. The number of aromatic nitrogens is 1. The fourth-order valence-electron chi connectivity index (χ4n) is 2.13. The fourth-order valence-corrected chi connectivity index (χ4v) is 2.13. The molecule has 0 radical (unpaired) electrons. The Hall–Kier alpha value is -2.16. The van der Waals surface area contributed by atoms with Crippen molar-refractivity contribution in [2.24, 2.45) is 0 Å². The minimum Gasteiger partial charge on any atom is -0.354 e. The van der Waals surface area contributed by atoms with Gasteiger partial charge in [-0.1, -0.05) is 18.2 Å². The van der Waals surface area contributed by atoms with E-state index in [2.05, 4.69) is 4.98 Å². The molecule has 1 N–H and O–H groups in total. The third kappa shape index (κ3) is 1.68. The molecular weight excluding hydrogens is 232 g/mol. The van der Waals surface area contributed by atoms with Crippen LogP contribution in [-0.4, -0.2) is 4.98 Å². The van der Waals surface area contributed by atoms with Crippen molar-refractivity contribution in [1.29, 1.82) is 0 Å². The molecule has 0 aliphatic heterocycles. The van der Waals surface area contributed by atoms with Crippen LogP contribution in [0.5, 0.6) is 0 Å². The summed E-state index contributed by atoms with van der Waals surface area (Å²) < 4.78 is 26.1. The molecule has 0 saturated heterocycles. The van der Waals surface area contributed by atoms with Crippen molar-refractivity contribution in [3.63, 3.8) is 0 Å². The van der Waals surface area contributed by atoms with Crippen LogP contribution in [0.2, 0.25) is 0 Å². The molecule has 0 aliphatic carbocycles. The Morgan fingerprint density at radius 3 is 2.50 bits per heavy atom. The number of benzene rings is 2. The number of H-pyrrole nitrogens is 1. The van der Waals surface area contributed by atoms with E-state index in [1.54, 1.807) is 6.07 Å². The molecule has 1 aromatic heterocycles. The highest BCUT2D eigenvalue weighted by atomic mass is 19.2. The van der Waals surface area contributed by atoms with Crippen LogP contribution in [0.25, 0.3) is 22.2 Å². The molecule has 3 aromatic rings. The number of aryl methyl sites for hydroxylation is 1. The molecular formula is C15H11F2N. The summed E-state index contributed by atoms with van der Waals surface area (Å²) in [7, 11) is 0. The standard InChI is InChI=1S/C15H11F2N/c1-9-3-2-4-11-8-14(18-15(9)11)10-5-6-12(16)13(17)7-10/h2-8,18H,1H3. The predicted molar refractivity (Wildman–Crippen MR) is 68.4 cm³/mol. The van der Waals surface area contributed by atoms with Gasteiger partial charge in [-0.2, -0.15) is 0 Å². The van der Waals surface area contributed by atoms with Gasteiger partial charge >= 0.3 is 0 Å². The van der Waals surface area contributed by atoms with Gasteiger partial charge < -0.3 is 4.98 Å². The molecule has 0 unspecified atom stereocenters. The smallest absolute Gasteiger partial charge is 0.159 e. The van der Waals surface area contributed by atoms with E-state index < -0.39 is 11.6 Å². The first-order valence-electron chi connectivity index (χ1n) is 5.69. The topological polar surface area (TPSA) is 15.8 Å². The maximum atomic E-state index is 13.2. The van der Waals surface area contributed by atoms with Crippen molar-refractivity contribution in [1.82, 2.24) is 4.98 Å². The van der Waals surface area contributed by atoms with Crippen LogP contribution in [0.4, 0.5) is 8.78 Å². The summed E-state index contributed by atoms with van der Waals surface area (Å²) in [6.45, 7) is 2.01. The molecule has 0 amide bonds. The van der Waals surface area contributed by atoms with Gasteiger partial charge in [-0.3, -0.25) is 0 Å². The van der Waals surface area contributed by atoms with E-state index in [0.717, 1.165) is 28.2 Å². The quantitative estimate of drug-likeness (QED) is 0.651. The highest BCUT2D eigenvalue weighted by Gasteiger charge is 2.08. The van der Waals surface area contributed by atoms with Crippen LogP contribution in [0.1, 0.15) is 5.56 Å². The average Bonchev–Trinajstić information content (AvgIpc) is 2.78. The van der Waals surface area contributed by atoms with E-state index in [9.17, 15) is 8.78 Å². The van der Waals surface area contributed by atoms with Gasteiger partial charge in [-0.15, -0.1) is 0 Å². The highest BCUT2D eigenvalue weighted by molar-refractivity contribution is 5.88. The maximum absolute atomic E-state index is 13.2. The van der Waals surface area contributed by atoms with Crippen molar-refractivity contribution in [2.75, 3.05) is 0 Å². The van der Waals surface area contributed by atoms with Crippen molar-refractivity contribution in [2.45, 2.75) is 6.92 Å². The zero-order chi connectivity index (χ0) is 12.7. The van der Waals surface area contributed by atoms with Gasteiger partial charge in [0.15, 0.2) is 11.6 Å². The summed E-state index contributed by atoms with van der Waals surface area (Å²) >= 11 is 0. The second kappa shape index (κ2) is 3.95. The molecule has 18 heavy (non-hydrogen) atoms. The molecule has 0 bridgehead atoms. The average molecular weight is 243 g/mol. The second-order valence-electron chi connectivity index (χ2n) is 4.35. The zero-order valence-electron chi connectivity index (χ0n) is 9.80. The summed E-state index contributed by atoms with van der Waals surface area (Å²) in [5, 5.41) is 1.06. The summed E-state index contributed by atoms with van der Waals surface area (Å²) in [6, 6.07) is 11.8. The minimum absolute atomic E-state index is 0.643. The van der Waals surface area contributed by atoms with E-state index in [0.29, 0.717) is 5.56 Å². The van der Waals surface area contributed by atoms with Crippen LogP contribution in [0.3, 0.4) is 0 Å². The monoisotopic (exact) mass is 243 g/mol. The first-order valence-corrected chi connectivity index (χ1v) is 5.69. The molecule has 3 rings (SSSR count). The highest BCUT2D eigenvalue weighted by Crippen LogP contribution is 2.26. The number of aromatic amines is 1. The molecule has 0 saturated carbocycles. The van der Waals surface area contributed by atoms with E-state index >= 15 is 0 Å². The molecule has 2 aromatic carbocycles. The Morgan fingerprint density at radius 2 is 1.78 bits per heavy atom. The molecule has 3 heteroatoms. The van der Waals surface area contributed by atoms with E-state index in [1.807, 2.05) is 31.2 Å². The second-order valence-corrected chi connectivity index (χ2v) is 4.35. The molecule has 90 valence electrons. The largest absolute Gasteiger partial charge is 0.354 e. The molecule has 1 nitrogen and oxygen atoms in total. The number of hydrogen-bond donors (Lipinski definition) is 1. The van der Waals surface area contributed by atoms with Crippen molar-refractivity contribution < 1.29 is 8.78 Å². The molecule has 0 atom stereocenters. The summed E-state index contributed by atoms with van der Waals surface area (Å²) in [5.41, 5.74) is 3.58. The van der Waals surface area contributed by atoms with Crippen LogP contribution in [0, 0.1) is 18.6 Å². The Balaban J connectivity index is 2.19. The van der Waals surface area contributed by atoms with Crippen LogP contribution < -0.4 is 0 Å². The van der Waals surface area contributed by atoms with Crippen molar-refractivity contribution >= 4 is 10.9 Å². The summed E-state index contributed by atoms with van der Waals surface area (Å²) in [5.74, 6) is -1.66.